The largest absolute Gasteiger partial charge is 1.00 e. The molecule has 0 aliphatic rings. The van der Waals surface area contributed by atoms with Gasteiger partial charge in [0.1, 0.15) is 0 Å². The van der Waals surface area contributed by atoms with Crippen LogP contribution in [0.5, 0.6) is 0 Å². The first kappa shape index (κ1) is 4.37. The minimum atomic E-state index is 0. The van der Waals surface area contributed by atoms with Gasteiger partial charge in [-0.2, -0.15) is 5.10 Å². The van der Waals surface area contributed by atoms with E-state index in [9.17, 15) is 0 Å². The van der Waals surface area contributed by atoms with Crippen LogP contribution in [0.3, 0.4) is 0 Å². The van der Waals surface area contributed by atoms with E-state index in [1.807, 2.05) is 6.20 Å². The van der Waals surface area contributed by atoms with Crippen molar-refractivity contribution in [3.05, 3.63) is 24.9 Å². The summed E-state index contributed by atoms with van der Waals surface area (Å²) in [5, 5.41) is 6.42. The molecule has 0 amide bonds. The van der Waals surface area contributed by atoms with E-state index in [-0.39, 0.29) is 1.43 Å². The lowest BCUT2D eigenvalue weighted by molar-refractivity contribution is 1.09. The molecule has 0 aliphatic heterocycles. The standard InChI is InChI=1S/C5H7N2/c1-2-5-3-6-7-4-5/h3-4H,1-2H2,(H,6,7)/p+1. The highest BCUT2D eigenvalue weighted by molar-refractivity contribution is 5.02. The van der Waals surface area contributed by atoms with Crippen LogP contribution in [0.1, 0.15) is 6.99 Å². The maximum absolute atomic E-state index is 3.73. The maximum atomic E-state index is 3.73. The zero-order valence-electron chi connectivity index (χ0n) is 5.02. The molecule has 2 heteroatoms. The van der Waals surface area contributed by atoms with Gasteiger partial charge in [-0.05, 0) is 18.9 Å². The first-order valence-electron chi connectivity index (χ1n) is 2.20. The van der Waals surface area contributed by atoms with E-state index in [4.69, 9.17) is 0 Å². The molecule has 1 aromatic rings. The highest BCUT2D eigenvalue weighted by atomic mass is 15.1. The van der Waals surface area contributed by atoms with E-state index < -0.39 is 0 Å². The molecule has 1 radical (unpaired) electrons. The molecule has 0 aromatic carbocycles. The van der Waals surface area contributed by atoms with Crippen molar-refractivity contribution in [2.24, 2.45) is 0 Å². The Morgan fingerprint density at radius 2 is 2.86 bits per heavy atom. The number of hydrogen-bond acceptors (Lipinski definition) is 1. The summed E-state index contributed by atoms with van der Waals surface area (Å²) in [6.45, 7) is 3.67. The predicted molar refractivity (Wildman–Crippen MR) is 28.8 cm³/mol. The van der Waals surface area contributed by atoms with Crippen LogP contribution < -0.4 is 0 Å². The van der Waals surface area contributed by atoms with Gasteiger partial charge in [0.05, 0.1) is 6.20 Å². The third kappa shape index (κ3) is 0.796. The van der Waals surface area contributed by atoms with Gasteiger partial charge in [-0.1, -0.05) is 0 Å². The first-order valence-corrected chi connectivity index (χ1v) is 2.20. The van der Waals surface area contributed by atoms with Crippen molar-refractivity contribution < 1.29 is 1.43 Å². The molecule has 0 unspecified atom stereocenters. The van der Waals surface area contributed by atoms with Gasteiger partial charge < -0.3 is 0 Å². The molecular formula is C5H8N2+. The van der Waals surface area contributed by atoms with Crippen molar-refractivity contribution in [3.8, 4) is 0 Å². The molecular weight excluding hydrogens is 88.1 g/mol. The molecule has 1 heterocycles. The first-order chi connectivity index (χ1) is 3.43. The minimum absolute atomic E-state index is 0. The van der Waals surface area contributed by atoms with Crippen LogP contribution in [-0.2, 0) is 6.42 Å². The number of hydrogen-bond donors (Lipinski definition) is 1. The predicted octanol–water partition coefficient (Wildman–Crippen LogP) is 0.899. The van der Waals surface area contributed by atoms with Crippen LogP contribution in [-0.4, -0.2) is 10.2 Å². The lowest BCUT2D eigenvalue weighted by Gasteiger charge is -1.76. The van der Waals surface area contributed by atoms with Gasteiger partial charge in [0.25, 0.3) is 0 Å². The fourth-order valence-electron chi connectivity index (χ4n) is 0.414. The average molecular weight is 96.1 g/mol. The van der Waals surface area contributed by atoms with E-state index in [1.54, 1.807) is 6.20 Å². The third-order valence-corrected chi connectivity index (χ3v) is 0.844. The van der Waals surface area contributed by atoms with Gasteiger partial charge in [0.15, 0.2) is 0 Å². The van der Waals surface area contributed by atoms with E-state index in [0.29, 0.717) is 0 Å². The zero-order chi connectivity index (χ0) is 5.11. The summed E-state index contributed by atoms with van der Waals surface area (Å²) in [5.74, 6) is 0. The topological polar surface area (TPSA) is 28.7 Å². The van der Waals surface area contributed by atoms with Gasteiger partial charge in [-0.25, -0.2) is 0 Å². The molecule has 0 saturated carbocycles. The fourth-order valence-corrected chi connectivity index (χ4v) is 0.414. The van der Waals surface area contributed by atoms with Crippen LogP contribution in [0.4, 0.5) is 0 Å². The van der Waals surface area contributed by atoms with Crippen molar-refractivity contribution in [3.63, 3.8) is 0 Å². The Morgan fingerprint density at radius 3 is 3.14 bits per heavy atom. The Labute approximate surface area is 44.0 Å². The van der Waals surface area contributed by atoms with Gasteiger partial charge in [-0.15, -0.1) is 0 Å². The number of H-pyrrole nitrogens is 1. The molecule has 0 spiro atoms. The molecule has 0 saturated heterocycles. The smallest absolute Gasteiger partial charge is 0.285 e. The molecule has 1 rings (SSSR count). The van der Waals surface area contributed by atoms with E-state index >= 15 is 0 Å². The van der Waals surface area contributed by atoms with Gasteiger partial charge >= 0.3 is 1.43 Å². The van der Waals surface area contributed by atoms with Crippen LogP contribution >= 0.6 is 0 Å². The van der Waals surface area contributed by atoms with E-state index in [1.165, 1.54) is 0 Å². The highest BCUT2D eigenvalue weighted by Crippen LogP contribution is 1.90. The van der Waals surface area contributed by atoms with Crippen molar-refractivity contribution in [1.29, 1.82) is 0 Å². The lowest BCUT2D eigenvalue weighted by Crippen LogP contribution is -1.68. The van der Waals surface area contributed by atoms with E-state index in [2.05, 4.69) is 17.1 Å². The molecule has 37 valence electrons. The Bertz CT molecular complexity index is 125. The number of rotatable bonds is 1. The molecule has 0 bridgehead atoms. The Morgan fingerprint density at radius 1 is 2.00 bits per heavy atom. The molecule has 2 nitrogen and oxygen atoms in total. The number of aromatic nitrogens is 2. The SMILES string of the molecule is [CH2]Cc1cn[nH]c1.[H+]. The van der Waals surface area contributed by atoms with Crippen LogP contribution in [0.2, 0.25) is 0 Å². The molecule has 7 heavy (non-hydrogen) atoms. The maximum Gasteiger partial charge on any atom is 1.00 e. The van der Waals surface area contributed by atoms with Crippen LogP contribution in [0, 0.1) is 6.92 Å². The van der Waals surface area contributed by atoms with Crippen molar-refractivity contribution in [2.75, 3.05) is 0 Å². The van der Waals surface area contributed by atoms with Crippen molar-refractivity contribution in [2.45, 2.75) is 6.42 Å². The molecule has 0 atom stereocenters. The summed E-state index contributed by atoms with van der Waals surface area (Å²) in [6, 6.07) is 0. The van der Waals surface area contributed by atoms with E-state index in [0.717, 1.165) is 12.0 Å². The average Bonchev–Trinajstić information content (AvgIpc) is 2.14. The Hall–Kier alpha value is -0.790. The van der Waals surface area contributed by atoms with Gasteiger partial charge in [-0.3, -0.25) is 5.10 Å². The summed E-state index contributed by atoms with van der Waals surface area (Å²) in [4.78, 5) is 0. The summed E-state index contributed by atoms with van der Waals surface area (Å²) < 4.78 is 0. The number of aromatic amines is 1. The highest BCUT2D eigenvalue weighted by Gasteiger charge is 1.83. The van der Waals surface area contributed by atoms with Gasteiger partial charge in [0.2, 0.25) is 0 Å². The van der Waals surface area contributed by atoms with Crippen LogP contribution in [0.15, 0.2) is 12.4 Å². The van der Waals surface area contributed by atoms with Crippen molar-refractivity contribution >= 4 is 0 Å². The lowest BCUT2D eigenvalue weighted by atomic mass is 10.3. The summed E-state index contributed by atoms with van der Waals surface area (Å²) in [5.41, 5.74) is 1.15. The second-order valence-corrected chi connectivity index (χ2v) is 1.36. The van der Waals surface area contributed by atoms with Gasteiger partial charge in [0, 0.05) is 6.20 Å². The summed E-state index contributed by atoms with van der Waals surface area (Å²) in [6.07, 6.45) is 4.43. The van der Waals surface area contributed by atoms with Crippen molar-refractivity contribution in [1.82, 2.24) is 10.2 Å². The normalized spacial score (nSPS) is 9.29. The fraction of sp³-hybridized carbons (Fsp3) is 0.200. The Kier molecular flexibility index (Phi) is 1.11. The molecule has 1 N–H and O–H groups in total. The minimum Gasteiger partial charge on any atom is -0.285 e. The quantitative estimate of drug-likeness (QED) is 0.552. The number of nitrogens with one attached hydrogen (secondary N) is 1. The third-order valence-electron chi connectivity index (χ3n) is 0.844. The second kappa shape index (κ2) is 1.78. The Balaban J connectivity index is 0.000000490. The molecule has 1 aromatic heterocycles. The second-order valence-electron chi connectivity index (χ2n) is 1.36. The number of nitrogens with zero attached hydrogens (tertiary/aromatic N) is 1. The van der Waals surface area contributed by atoms with Crippen LogP contribution in [0.25, 0.3) is 0 Å². The summed E-state index contributed by atoms with van der Waals surface area (Å²) in [7, 11) is 0. The zero-order valence-corrected chi connectivity index (χ0v) is 4.02. The monoisotopic (exact) mass is 96.1 g/mol. The molecule has 0 aliphatic carbocycles. The summed E-state index contributed by atoms with van der Waals surface area (Å²) >= 11 is 0. The molecule has 0 fully saturated rings.